The molecule has 120 valence electrons. The quantitative estimate of drug-likeness (QED) is 0.856. The van der Waals surface area contributed by atoms with Crippen LogP contribution in [0.3, 0.4) is 0 Å². The molecule has 0 aromatic heterocycles. The van der Waals surface area contributed by atoms with E-state index in [1.165, 1.54) is 31.0 Å². The first-order valence-corrected chi connectivity index (χ1v) is 8.48. The van der Waals surface area contributed by atoms with E-state index in [9.17, 15) is 9.18 Å². The summed E-state index contributed by atoms with van der Waals surface area (Å²) in [6.45, 7) is 1.71. The fourth-order valence-corrected chi connectivity index (χ4v) is 3.75. The third kappa shape index (κ3) is 3.60. The van der Waals surface area contributed by atoms with Crippen LogP contribution in [0.1, 0.15) is 32.6 Å². The van der Waals surface area contributed by atoms with Gasteiger partial charge in [-0.1, -0.05) is 0 Å². The molecule has 1 aromatic rings. The van der Waals surface area contributed by atoms with Crippen molar-refractivity contribution in [2.45, 2.75) is 56.8 Å². The first kappa shape index (κ1) is 15.7. The Balaban J connectivity index is 1.55. The van der Waals surface area contributed by atoms with Crippen molar-refractivity contribution in [1.82, 2.24) is 10.6 Å². The zero-order valence-electron chi connectivity index (χ0n) is 12.4. The van der Waals surface area contributed by atoms with Crippen LogP contribution in [0.2, 0.25) is 0 Å². The van der Waals surface area contributed by atoms with Crippen LogP contribution in [0.4, 0.5) is 4.39 Å². The number of halogens is 2. The lowest BCUT2D eigenvalue weighted by atomic mass is 9.99. The Kier molecular flexibility index (Phi) is 4.68. The summed E-state index contributed by atoms with van der Waals surface area (Å²) in [4.78, 5) is 12.3. The van der Waals surface area contributed by atoms with Crippen LogP contribution < -0.4 is 15.4 Å². The molecule has 2 aliphatic heterocycles. The van der Waals surface area contributed by atoms with Gasteiger partial charge in [-0.25, -0.2) is 4.39 Å². The van der Waals surface area contributed by atoms with Gasteiger partial charge in [-0.3, -0.25) is 4.79 Å². The van der Waals surface area contributed by atoms with Crippen molar-refractivity contribution in [3.63, 3.8) is 0 Å². The molecule has 3 atom stereocenters. The van der Waals surface area contributed by atoms with Gasteiger partial charge in [0.15, 0.2) is 6.10 Å². The Hall–Kier alpha value is -1.14. The molecular formula is C16H20BrFN2O2. The second kappa shape index (κ2) is 6.54. The largest absolute Gasteiger partial charge is 0.480 e. The lowest BCUT2D eigenvalue weighted by molar-refractivity contribution is -0.128. The van der Waals surface area contributed by atoms with Crippen molar-refractivity contribution >= 4 is 21.8 Å². The van der Waals surface area contributed by atoms with Crippen molar-refractivity contribution in [2.24, 2.45) is 0 Å². The van der Waals surface area contributed by atoms with Gasteiger partial charge in [0.1, 0.15) is 11.6 Å². The number of benzene rings is 1. The number of nitrogens with one attached hydrogen (secondary N) is 2. The summed E-state index contributed by atoms with van der Waals surface area (Å²) in [5.74, 6) is -0.00142. The smallest absolute Gasteiger partial charge is 0.260 e. The normalized spacial score (nSPS) is 28.2. The van der Waals surface area contributed by atoms with Gasteiger partial charge in [0, 0.05) is 18.1 Å². The van der Waals surface area contributed by atoms with Gasteiger partial charge in [0.25, 0.3) is 5.91 Å². The molecule has 3 rings (SSSR count). The maximum atomic E-state index is 13.1. The third-order valence-corrected chi connectivity index (χ3v) is 5.01. The van der Waals surface area contributed by atoms with Crippen molar-refractivity contribution in [3.8, 4) is 5.75 Å². The summed E-state index contributed by atoms with van der Waals surface area (Å²) in [6.07, 6.45) is 3.75. The zero-order valence-corrected chi connectivity index (χ0v) is 14.0. The molecule has 1 amide bonds. The fourth-order valence-electron chi connectivity index (χ4n) is 3.31. The molecule has 2 bridgehead atoms. The van der Waals surface area contributed by atoms with Crippen LogP contribution in [-0.2, 0) is 4.79 Å². The topological polar surface area (TPSA) is 50.4 Å². The molecule has 2 fully saturated rings. The number of hydrogen-bond acceptors (Lipinski definition) is 3. The monoisotopic (exact) mass is 370 g/mol. The maximum Gasteiger partial charge on any atom is 0.260 e. The van der Waals surface area contributed by atoms with Crippen molar-refractivity contribution in [2.75, 3.05) is 0 Å². The maximum absolute atomic E-state index is 13.1. The highest BCUT2D eigenvalue weighted by molar-refractivity contribution is 9.10. The molecule has 2 N–H and O–H groups in total. The molecule has 3 unspecified atom stereocenters. The molecule has 0 aliphatic carbocycles. The average molecular weight is 371 g/mol. The SMILES string of the molecule is CC(Oc1ccc(F)cc1Br)C(=O)NC1CC2CCC(C1)N2. The summed E-state index contributed by atoms with van der Waals surface area (Å²) in [7, 11) is 0. The van der Waals surface area contributed by atoms with Crippen molar-refractivity contribution in [1.29, 1.82) is 0 Å². The summed E-state index contributed by atoms with van der Waals surface area (Å²) in [6, 6.07) is 5.44. The highest BCUT2D eigenvalue weighted by atomic mass is 79.9. The van der Waals surface area contributed by atoms with E-state index in [2.05, 4.69) is 26.6 Å². The predicted molar refractivity (Wildman–Crippen MR) is 85.3 cm³/mol. The summed E-state index contributed by atoms with van der Waals surface area (Å²) >= 11 is 3.24. The van der Waals surface area contributed by atoms with Gasteiger partial charge in [-0.15, -0.1) is 0 Å². The first-order valence-electron chi connectivity index (χ1n) is 7.69. The van der Waals surface area contributed by atoms with E-state index in [1.54, 1.807) is 6.92 Å². The molecule has 0 saturated carbocycles. The lowest BCUT2D eigenvalue weighted by Crippen LogP contribution is -2.50. The second-order valence-corrected chi connectivity index (χ2v) is 7.00. The Labute approximate surface area is 137 Å². The van der Waals surface area contributed by atoms with E-state index in [1.807, 2.05) is 0 Å². The van der Waals surface area contributed by atoms with Crippen LogP contribution in [0, 0.1) is 5.82 Å². The molecular weight excluding hydrogens is 351 g/mol. The van der Waals surface area contributed by atoms with Crippen molar-refractivity contribution in [3.05, 3.63) is 28.5 Å². The fraction of sp³-hybridized carbons (Fsp3) is 0.562. The van der Waals surface area contributed by atoms with E-state index in [4.69, 9.17) is 4.74 Å². The van der Waals surface area contributed by atoms with E-state index in [0.717, 1.165) is 12.8 Å². The number of carbonyl (C=O) groups is 1. The van der Waals surface area contributed by atoms with Crippen LogP contribution in [0.5, 0.6) is 5.75 Å². The van der Waals surface area contributed by atoms with Gasteiger partial charge in [0.2, 0.25) is 0 Å². The standard InChI is InChI=1S/C16H20BrFN2O2/c1-9(22-15-5-2-10(18)6-14(15)17)16(21)20-13-7-11-3-4-12(8-13)19-11/h2,5-6,9,11-13,19H,3-4,7-8H2,1H3,(H,20,21). The molecule has 2 saturated heterocycles. The molecule has 6 heteroatoms. The number of hydrogen-bond donors (Lipinski definition) is 2. The number of carbonyl (C=O) groups excluding carboxylic acids is 1. The van der Waals surface area contributed by atoms with E-state index in [-0.39, 0.29) is 17.8 Å². The minimum Gasteiger partial charge on any atom is -0.480 e. The summed E-state index contributed by atoms with van der Waals surface area (Å²) in [5, 5.41) is 6.63. The molecule has 22 heavy (non-hydrogen) atoms. The van der Waals surface area contributed by atoms with Gasteiger partial charge >= 0.3 is 0 Å². The van der Waals surface area contributed by atoms with E-state index < -0.39 is 6.10 Å². The highest BCUT2D eigenvalue weighted by Gasteiger charge is 2.34. The molecule has 0 radical (unpaired) electrons. The Bertz CT molecular complexity index is 557. The molecule has 1 aromatic carbocycles. The number of piperidine rings is 1. The first-order chi connectivity index (χ1) is 10.5. The zero-order chi connectivity index (χ0) is 15.7. The number of fused-ring (bicyclic) bond motifs is 2. The van der Waals surface area contributed by atoms with Gasteiger partial charge in [-0.2, -0.15) is 0 Å². The number of rotatable bonds is 4. The van der Waals surface area contributed by atoms with Crippen molar-refractivity contribution < 1.29 is 13.9 Å². The predicted octanol–water partition coefficient (Wildman–Crippen LogP) is 2.75. The molecule has 2 heterocycles. The van der Waals surface area contributed by atoms with Gasteiger partial charge in [0.05, 0.1) is 4.47 Å². The van der Waals surface area contributed by atoms with E-state index >= 15 is 0 Å². The summed E-state index contributed by atoms with van der Waals surface area (Å²) in [5.41, 5.74) is 0. The van der Waals surface area contributed by atoms with Crippen LogP contribution >= 0.6 is 15.9 Å². The van der Waals surface area contributed by atoms with E-state index in [0.29, 0.717) is 22.3 Å². The number of ether oxygens (including phenoxy) is 1. The highest BCUT2D eigenvalue weighted by Crippen LogP contribution is 2.28. The van der Waals surface area contributed by atoms with Gasteiger partial charge < -0.3 is 15.4 Å². The number of amides is 1. The molecule has 4 nitrogen and oxygen atoms in total. The second-order valence-electron chi connectivity index (χ2n) is 6.15. The minimum absolute atomic E-state index is 0.123. The molecule has 2 aliphatic rings. The van der Waals surface area contributed by atoms with Crippen LogP contribution in [0.15, 0.2) is 22.7 Å². The Morgan fingerprint density at radius 2 is 2.09 bits per heavy atom. The third-order valence-electron chi connectivity index (χ3n) is 4.39. The average Bonchev–Trinajstić information content (AvgIpc) is 2.81. The minimum atomic E-state index is -0.616. The lowest BCUT2D eigenvalue weighted by Gasteiger charge is -2.30. The Morgan fingerprint density at radius 3 is 2.73 bits per heavy atom. The van der Waals surface area contributed by atoms with Gasteiger partial charge in [-0.05, 0) is 66.7 Å². The van der Waals surface area contributed by atoms with Crippen LogP contribution in [-0.4, -0.2) is 30.1 Å². The van der Waals surface area contributed by atoms with Crippen LogP contribution in [0.25, 0.3) is 0 Å². The summed E-state index contributed by atoms with van der Waals surface area (Å²) < 4.78 is 19.2. The molecule has 0 spiro atoms. The Morgan fingerprint density at radius 1 is 1.41 bits per heavy atom.